The second kappa shape index (κ2) is 8.90. The van der Waals surface area contributed by atoms with Crippen LogP contribution < -0.4 is 5.32 Å². The first-order valence-corrected chi connectivity index (χ1v) is 10.7. The third-order valence-corrected chi connectivity index (χ3v) is 6.25. The molecule has 0 radical (unpaired) electrons. The van der Waals surface area contributed by atoms with Crippen LogP contribution in [-0.4, -0.2) is 21.3 Å². The van der Waals surface area contributed by atoms with Gasteiger partial charge >= 0.3 is 0 Å². The minimum Gasteiger partial charge on any atom is -0.360 e. The summed E-state index contributed by atoms with van der Waals surface area (Å²) in [6, 6.07) is 18.9. The van der Waals surface area contributed by atoms with E-state index in [1.165, 1.54) is 23.1 Å². The van der Waals surface area contributed by atoms with Gasteiger partial charge in [-0.15, -0.1) is 10.2 Å². The quantitative estimate of drug-likeness (QED) is 0.340. The second-order valence-electron chi connectivity index (χ2n) is 6.25. The molecule has 2 aromatic heterocycles. The summed E-state index contributed by atoms with van der Waals surface area (Å²) < 4.78 is 5.99. The van der Waals surface area contributed by atoms with Crippen molar-refractivity contribution in [3.05, 3.63) is 77.0 Å². The Balaban J connectivity index is 1.43. The van der Waals surface area contributed by atoms with Crippen molar-refractivity contribution in [2.24, 2.45) is 0 Å². The average molecular weight is 434 g/mol. The first kappa shape index (κ1) is 19.8. The third kappa shape index (κ3) is 4.40. The van der Waals surface area contributed by atoms with Gasteiger partial charge in [-0.25, -0.2) is 0 Å². The van der Waals surface area contributed by atoms with Crippen LogP contribution in [0.25, 0.3) is 11.3 Å². The van der Waals surface area contributed by atoms with Gasteiger partial charge in [-0.1, -0.05) is 70.7 Å². The van der Waals surface area contributed by atoms with Crippen molar-refractivity contribution in [1.29, 1.82) is 5.26 Å². The van der Waals surface area contributed by atoms with Gasteiger partial charge in [0.25, 0.3) is 5.91 Å². The first-order chi connectivity index (χ1) is 14.6. The Kier molecular flexibility index (Phi) is 5.88. The molecule has 1 amide bonds. The molecule has 30 heavy (non-hydrogen) atoms. The zero-order valence-corrected chi connectivity index (χ0v) is 17.5. The molecule has 4 aromatic rings. The zero-order valence-electron chi connectivity index (χ0n) is 15.8. The molecule has 0 fully saturated rings. The maximum atomic E-state index is 12.8. The Hall–Kier alpha value is -3.48. The number of nitrogens with one attached hydrogen (secondary N) is 1. The van der Waals surface area contributed by atoms with Crippen molar-refractivity contribution < 1.29 is 9.32 Å². The largest absolute Gasteiger partial charge is 0.360 e. The number of nitriles is 1. The zero-order chi connectivity index (χ0) is 20.9. The highest BCUT2D eigenvalue weighted by molar-refractivity contribution is 8.00. The molecule has 0 aliphatic carbocycles. The lowest BCUT2D eigenvalue weighted by molar-refractivity contribution is 0.102. The van der Waals surface area contributed by atoms with E-state index in [9.17, 15) is 4.79 Å². The lowest BCUT2D eigenvalue weighted by atomic mass is 10.1. The van der Waals surface area contributed by atoms with E-state index in [2.05, 4.69) is 26.7 Å². The van der Waals surface area contributed by atoms with Gasteiger partial charge in [-0.3, -0.25) is 10.1 Å². The number of aryl methyl sites for hydroxylation is 1. The maximum Gasteiger partial charge on any atom is 0.263 e. The fourth-order valence-electron chi connectivity index (χ4n) is 2.73. The fraction of sp³-hybridized carbons (Fsp3) is 0.0952. The standard InChI is InChI=1S/C21H15N5O2S2/c1-13-17(18(26-28-13)16-5-3-2-4-6-16)19(27)23-20-24-25-21(30-20)29-12-15-9-7-14(11-22)8-10-15/h2-10H,12H2,1H3,(H,23,24,27). The lowest BCUT2D eigenvalue weighted by Gasteiger charge is -2.02. The van der Waals surface area contributed by atoms with Crippen molar-refractivity contribution in [3.63, 3.8) is 0 Å². The molecule has 1 N–H and O–H groups in total. The van der Waals surface area contributed by atoms with Crippen LogP contribution in [0.3, 0.4) is 0 Å². The predicted molar refractivity (Wildman–Crippen MR) is 115 cm³/mol. The highest BCUT2D eigenvalue weighted by atomic mass is 32.2. The summed E-state index contributed by atoms with van der Waals surface area (Å²) in [5.41, 5.74) is 3.38. The molecule has 0 spiro atoms. The number of carbonyl (C=O) groups excluding carboxylic acids is 1. The second-order valence-corrected chi connectivity index (χ2v) is 8.45. The molecule has 2 heterocycles. The Morgan fingerprint density at radius 3 is 2.67 bits per heavy atom. The molecule has 2 aromatic carbocycles. The monoisotopic (exact) mass is 433 g/mol. The molecule has 7 nitrogen and oxygen atoms in total. The van der Waals surface area contributed by atoms with Crippen molar-refractivity contribution in [2.45, 2.75) is 17.0 Å². The average Bonchev–Trinajstić information content (AvgIpc) is 3.39. The molecule has 0 saturated heterocycles. The molecule has 9 heteroatoms. The van der Waals surface area contributed by atoms with E-state index in [4.69, 9.17) is 9.78 Å². The minimum absolute atomic E-state index is 0.340. The number of aromatic nitrogens is 3. The lowest BCUT2D eigenvalue weighted by Crippen LogP contribution is -2.13. The Bertz CT molecular complexity index is 1210. The van der Waals surface area contributed by atoms with Gasteiger partial charge in [0.15, 0.2) is 4.34 Å². The summed E-state index contributed by atoms with van der Waals surface area (Å²) in [6.45, 7) is 1.70. The molecule has 0 saturated carbocycles. The number of thioether (sulfide) groups is 1. The number of hydrogen-bond acceptors (Lipinski definition) is 8. The van der Waals surface area contributed by atoms with Gasteiger partial charge in [-0.05, 0) is 24.6 Å². The van der Waals surface area contributed by atoms with Crippen LogP contribution in [-0.2, 0) is 5.75 Å². The highest BCUT2D eigenvalue weighted by Crippen LogP contribution is 2.30. The van der Waals surface area contributed by atoms with E-state index in [0.29, 0.717) is 33.5 Å². The van der Waals surface area contributed by atoms with Gasteiger partial charge in [0.2, 0.25) is 5.13 Å². The van der Waals surface area contributed by atoms with Gasteiger partial charge < -0.3 is 4.52 Å². The van der Waals surface area contributed by atoms with Crippen LogP contribution in [0.4, 0.5) is 5.13 Å². The normalized spacial score (nSPS) is 10.5. The van der Waals surface area contributed by atoms with Crippen molar-refractivity contribution >= 4 is 34.1 Å². The Labute approximate surface area is 180 Å². The molecular weight excluding hydrogens is 418 g/mol. The molecule has 0 atom stereocenters. The SMILES string of the molecule is Cc1onc(-c2ccccc2)c1C(=O)Nc1nnc(SCc2ccc(C#N)cc2)s1. The third-order valence-electron chi connectivity index (χ3n) is 4.21. The van der Waals surface area contributed by atoms with Crippen LogP contribution >= 0.6 is 23.1 Å². The summed E-state index contributed by atoms with van der Waals surface area (Å²) in [5, 5.41) is 24.3. The summed E-state index contributed by atoms with van der Waals surface area (Å²) >= 11 is 2.81. The van der Waals surface area contributed by atoms with Gasteiger partial charge in [0.05, 0.1) is 11.6 Å². The van der Waals surface area contributed by atoms with E-state index < -0.39 is 0 Å². The first-order valence-electron chi connectivity index (χ1n) is 8.92. The number of carbonyl (C=O) groups is 1. The van der Waals surface area contributed by atoms with Crippen molar-refractivity contribution in [3.8, 4) is 17.3 Å². The van der Waals surface area contributed by atoms with Gasteiger partial charge in [0.1, 0.15) is 17.0 Å². The number of rotatable bonds is 6. The molecule has 0 aliphatic rings. The molecule has 148 valence electrons. The van der Waals surface area contributed by atoms with E-state index >= 15 is 0 Å². The van der Waals surface area contributed by atoms with Crippen LogP contribution in [0.1, 0.15) is 27.2 Å². The molecule has 4 rings (SSSR count). The smallest absolute Gasteiger partial charge is 0.263 e. The Morgan fingerprint density at radius 1 is 1.17 bits per heavy atom. The molecule has 0 unspecified atom stereocenters. The summed E-state index contributed by atoms with van der Waals surface area (Å²) in [6.07, 6.45) is 0. The highest BCUT2D eigenvalue weighted by Gasteiger charge is 2.22. The summed E-state index contributed by atoms with van der Waals surface area (Å²) in [7, 11) is 0. The number of benzene rings is 2. The van der Waals surface area contributed by atoms with Crippen molar-refractivity contribution in [1.82, 2.24) is 15.4 Å². The number of nitrogens with zero attached hydrogens (tertiary/aromatic N) is 4. The van der Waals surface area contributed by atoms with Gasteiger partial charge in [0, 0.05) is 11.3 Å². The van der Waals surface area contributed by atoms with Crippen LogP contribution in [0.15, 0.2) is 63.5 Å². The fourth-order valence-corrected chi connectivity index (χ4v) is 4.43. The van der Waals surface area contributed by atoms with E-state index in [1.54, 1.807) is 19.1 Å². The number of amides is 1. The number of anilines is 1. The molecule has 0 aliphatic heterocycles. The van der Waals surface area contributed by atoms with Crippen molar-refractivity contribution in [2.75, 3.05) is 5.32 Å². The van der Waals surface area contributed by atoms with Crippen LogP contribution in [0, 0.1) is 18.3 Å². The molecular formula is C21H15N5O2S2. The predicted octanol–water partition coefficient (Wildman–Crippen LogP) is 4.92. The van der Waals surface area contributed by atoms with Gasteiger partial charge in [-0.2, -0.15) is 5.26 Å². The Morgan fingerprint density at radius 2 is 1.93 bits per heavy atom. The topological polar surface area (TPSA) is 105 Å². The van der Waals surface area contributed by atoms with E-state index in [0.717, 1.165) is 15.5 Å². The summed E-state index contributed by atoms with van der Waals surface area (Å²) in [4.78, 5) is 12.8. The maximum absolute atomic E-state index is 12.8. The minimum atomic E-state index is -0.340. The van der Waals surface area contributed by atoms with E-state index in [1.807, 2.05) is 42.5 Å². The summed E-state index contributed by atoms with van der Waals surface area (Å²) in [5.74, 6) is 0.788. The number of hydrogen-bond donors (Lipinski definition) is 1. The van der Waals surface area contributed by atoms with Crippen LogP contribution in [0.2, 0.25) is 0 Å². The van der Waals surface area contributed by atoms with Crippen LogP contribution in [0.5, 0.6) is 0 Å². The van der Waals surface area contributed by atoms with E-state index in [-0.39, 0.29) is 5.91 Å². The molecule has 0 bridgehead atoms.